The molecule has 1 N–H and O–H groups in total. The molecule has 0 bridgehead atoms. The first-order chi connectivity index (χ1) is 28.3. The second-order valence-corrected chi connectivity index (χ2v) is 19.3. The van der Waals surface area contributed by atoms with Gasteiger partial charge in [0, 0.05) is 34.0 Å². The average molecular weight is 841 g/mol. The van der Waals surface area contributed by atoms with Gasteiger partial charge in [-0.2, -0.15) is 0 Å². The standard InChI is InChI=1S/C45H54N5O9S/c1-9-28(4)38(47-37(48-60(55,56)32-17-15-27(3)16-18-32)19-20-57-31-23-43(5,6)50(54)44(7,8)24-31)41(52)59-45(10-2)34-22-36-39-30(21-29-13-11-12-14-35(29)46-39)25-49(36)40(51)33(34)26-58-42(45)53/h11-18,21-22,28,31,38H,9-10,19-20,23-26H2,1-8H3,(H,47,48)/t28?,38-,45+/m1/s1. The average Bonchev–Trinajstić information content (AvgIpc) is 3.56. The van der Waals surface area contributed by atoms with Crippen LogP contribution in [-0.4, -0.2) is 70.6 Å². The number of hydrogen-bond acceptors (Lipinski definition) is 11. The molecule has 3 aliphatic heterocycles. The number of nitrogens with one attached hydrogen (secondary N) is 1. The number of carbonyl (C=O) groups excluding carboxylic acids is 2. The number of piperidine rings is 1. The molecular weight excluding hydrogens is 787 g/mol. The zero-order chi connectivity index (χ0) is 43.4. The van der Waals surface area contributed by atoms with E-state index >= 15 is 0 Å². The lowest BCUT2D eigenvalue weighted by atomic mass is 9.80. The maximum atomic E-state index is 14.6. The third-order valence-corrected chi connectivity index (χ3v) is 13.6. The summed E-state index contributed by atoms with van der Waals surface area (Å²) in [6.07, 6.45) is 0.992. The fraction of sp³-hybridized carbons (Fsp3) is 0.489. The minimum absolute atomic E-state index is 0.00470. The van der Waals surface area contributed by atoms with E-state index in [1.54, 1.807) is 36.6 Å². The summed E-state index contributed by atoms with van der Waals surface area (Å²) in [5, 5.41) is 15.0. The Hall–Kier alpha value is -4.96. The van der Waals surface area contributed by atoms with Crippen LogP contribution in [0.2, 0.25) is 0 Å². The number of aromatic nitrogens is 2. The number of nitrogens with zero attached hydrogens (tertiary/aromatic N) is 4. The van der Waals surface area contributed by atoms with E-state index in [2.05, 4.69) is 4.72 Å². The number of cyclic esters (lactones) is 1. The number of rotatable bonds is 12. The van der Waals surface area contributed by atoms with E-state index in [-0.39, 0.29) is 66.1 Å². The molecule has 4 aromatic rings. The smallest absolute Gasteiger partial charge is 0.355 e. The van der Waals surface area contributed by atoms with Gasteiger partial charge in [-0.1, -0.05) is 63.1 Å². The van der Waals surface area contributed by atoms with Crippen molar-refractivity contribution >= 4 is 38.7 Å². The van der Waals surface area contributed by atoms with Gasteiger partial charge in [0.05, 0.1) is 46.6 Å². The Morgan fingerprint density at radius 3 is 2.38 bits per heavy atom. The Morgan fingerprint density at radius 1 is 1.03 bits per heavy atom. The number of esters is 2. The van der Waals surface area contributed by atoms with E-state index < -0.39 is 50.6 Å². The van der Waals surface area contributed by atoms with Gasteiger partial charge in [-0.05, 0) is 90.1 Å². The molecule has 1 fully saturated rings. The topological polar surface area (TPSA) is 178 Å². The van der Waals surface area contributed by atoms with Gasteiger partial charge in [-0.25, -0.2) is 23.0 Å². The van der Waals surface area contributed by atoms with Crippen molar-refractivity contribution in [3.8, 4) is 11.4 Å². The Balaban J connectivity index is 1.24. The van der Waals surface area contributed by atoms with E-state index in [0.29, 0.717) is 30.7 Å². The van der Waals surface area contributed by atoms with Gasteiger partial charge in [0.25, 0.3) is 15.6 Å². The normalized spacial score (nSPS) is 21.1. The van der Waals surface area contributed by atoms with Gasteiger partial charge in [-0.3, -0.25) is 14.5 Å². The molecule has 14 nitrogen and oxygen atoms in total. The number of pyridine rings is 2. The number of aliphatic imine (C=N–C) groups is 1. The number of carbonyl (C=O) groups is 2. The molecule has 319 valence electrons. The highest BCUT2D eigenvalue weighted by atomic mass is 32.2. The third kappa shape index (κ3) is 7.99. The zero-order valence-electron chi connectivity index (χ0n) is 35.5. The Labute approximate surface area is 351 Å². The van der Waals surface area contributed by atoms with Crippen molar-refractivity contribution in [2.24, 2.45) is 10.9 Å². The van der Waals surface area contributed by atoms with Gasteiger partial charge in [0.1, 0.15) is 12.4 Å². The van der Waals surface area contributed by atoms with Gasteiger partial charge in [-0.15, -0.1) is 10.3 Å². The first-order valence-electron chi connectivity index (χ1n) is 20.6. The lowest BCUT2D eigenvalue weighted by Crippen LogP contribution is -2.59. The number of hydroxylamine groups is 2. The number of hydrogen-bond donors (Lipinski definition) is 1. The van der Waals surface area contributed by atoms with Crippen LogP contribution < -0.4 is 10.3 Å². The number of para-hydroxylation sites is 1. The third-order valence-electron chi connectivity index (χ3n) is 12.2. The SMILES string of the molecule is CCC(C)[C@@H](N=C(CCOC1CC(C)(C)N([O])C(C)(C)C1)NS(=O)(=O)c1ccc(C)cc1)C(=O)O[C@]1(CC)C(=O)OCc2c1cc1n(c2=O)Cc2cc3ccccc3nc2-1. The summed E-state index contributed by atoms with van der Waals surface area (Å²) >= 11 is 0. The van der Waals surface area contributed by atoms with Gasteiger partial charge in [0.15, 0.2) is 6.04 Å². The lowest BCUT2D eigenvalue weighted by molar-refractivity contribution is -0.301. The highest BCUT2D eigenvalue weighted by Crippen LogP contribution is 2.42. The van der Waals surface area contributed by atoms with Gasteiger partial charge < -0.3 is 18.8 Å². The first-order valence-corrected chi connectivity index (χ1v) is 22.1. The molecule has 60 heavy (non-hydrogen) atoms. The van der Waals surface area contributed by atoms with Crippen LogP contribution in [0.4, 0.5) is 0 Å². The molecule has 7 rings (SSSR count). The molecule has 1 unspecified atom stereocenters. The molecule has 3 atom stereocenters. The first kappa shape index (κ1) is 43.1. The fourth-order valence-electron chi connectivity index (χ4n) is 8.80. The molecule has 0 spiro atoms. The van der Waals surface area contributed by atoms with Crippen LogP contribution in [0.15, 0.2) is 75.3 Å². The fourth-order valence-corrected chi connectivity index (χ4v) is 9.88. The number of ether oxygens (including phenoxy) is 3. The molecule has 0 aliphatic carbocycles. The van der Waals surface area contributed by atoms with Crippen molar-refractivity contribution in [3.05, 3.63) is 93.3 Å². The Morgan fingerprint density at radius 2 is 1.72 bits per heavy atom. The number of benzene rings is 2. The summed E-state index contributed by atoms with van der Waals surface area (Å²) < 4.78 is 50.0. The van der Waals surface area contributed by atoms with E-state index in [0.717, 1.165) is 27.1 Å². The van der Waals surface area contributed by atoms with Crippen LogP contribution in [0.5, 0.6) is 0 Å². The van der Waals surface area contributed by atoms with E-state index in [1.165, 1.54) is 12.1 Å². The maximum absolute atomic E-state index is 14.6. The summed E-state index contributed by atoms with van der Waals surface area (Å²) in [6.45, 7) is 14.7. The summed E-state index contributed by atoms with van der Waals surface area (Å²) in [7, 11) is -4.17. The monoisotopic (exact) mass is 840 g/mol. The highest BCUT2D eigenvalue weighted by Gasteiger charge is 2.52. The minimum Gasteiger partial charge on any atom is -0.457 e. The minimum atomic E-state index is -4.17. The highest BCUT2D eigenvalue weighted by molar-refractivity contribution is 7.90. The van der Waals surface area contributed by atoms with E-state index in [1.807, 2.05) is 71.9 Å². The van der Waals surface area contributed by atoms with Gasteiger partial charge >= 0.3 is 11.9 Å². The molecule has 2 aromatic heterocycles. The molecule has 0 amide bonds. The van der Waals surface area contributed by atoms with E-state index in [9.17, 15) is 28.0 Å². The molecule has 1 radical (unpaired) electrons. The van der Waals surface area contributed by atoms with Crippen molar-refractivity contribution < 1.29 is 37.4 Å². The summed E-state index contributed by atoms with van der Waals surface area (Å²) in [5.41, 5.74) is 0.255. The predicted molar refractivity (Wildman–Crippen MR) is 225 cm³/mol. The molecular formula is C45H54N5O9S. The van der Waals surface area contributed by atoms with Crippen LogP contribution >= 0.6 is 0 Å². The van der Waals surface area contributed by atoms with Gasteiger partial charge in [0.2, 0.25) is 5.60 Å². The van der Waals surface area contributed by atoms with Crippen LogP contribution in [0.25, 0.3) is 22.3 Å². The summed E-state index contributed by atoms with van der Waals surface area (Å²) in [5.74, 6) is -2.24. The predicted octanol–water partition coefficient (Wildman–Crippen LogP) is 6.50. The van der Waals surface area contributed by atoms with E-state index in [4.69, 9.17) is 24.2 Å². The summed E-state index contributed by atoms with van der Waals surface area (Å²) in [4.78, 5) is 52.4. The van der Waals surface area contributed by atoms with Crippen molar-refractivity contribution in [3.63, 3.8) is 0 Å². The van der Waals surface area contributed by atoms with Crippen LogP contribution in [-0.2, 0) is 57.8 Å². The number of amidine groups is 1. The number of fused-ring (bicyclic) bond motifs is 5. The second kappa shape index (κ2) is 16.1. The maximum Gasteiger partial charge on any atom is 0.355 e. The molecule has 1 saturated heterocycles. The van der Waals surface area contributed by atoms with Crippen molar-refractivity contribution in [1.82, 2.24) is 19.3 Å². The molecule has 3 aliphatic rings. The number of aryl methyl sites for hydroxylation is 1. The second-order valence-electron chi connectivity index (χ2n) is 17.6. The quantitative estimate of drug-likeness (QED) is 0.0828. The summed E-state index contributed by atoms with van der Waals surface area (Å²) in [6, 6.07) is 16.4. The van der Waals surface area contributed by atoms with Crippen LogP contribution in [0.3, 0.4) is 0 Å². The van der Waals surface area contributed by atoms with Crippen molar-refractivity contribution in [2.45, 2.75) is 134 Å². The lowest BCUT2D eigenvalue weighted by Gasteiger charge is -2.49. The van der Waals surface area contributed by atoms with Crippen molar-refractivity contribution in [2.75, 3.05) is 6.61 Å². The molecule has 0 saturated carbocycles. The number of sulfonamides is 1. The van der Waals surface area contributed by atoms with Crippen molar-refractivity contribution in [1.29, 1.82) is 0 Å². The molecule has 15 heteroatoms. The molecule has 2 aromatic carbocycles. The largest absolute Gasteiger partial charge is 0.457 e. The zero-order valence-corrected chi connectivity index (χ0v) is 36.4. The molecule has 5 heterocycles. The van der Waals surface area contributed by atoms with Crippen LogP contribution in [0, 0.1) is 12.8 Å². The Kier molecular flexibility index (Phi) is 11.6. The Bertz CT molecular complexity index is 2510. The van der Waals surface area contributed by atoms with Crippen LogP contribution in [0.1, 0.15) is 103 Å².